The topological polar surface area (TPSA) is 92.8 Å². The van der Waals surface area contributed by atoms with Crippen molar-refractivity contribution in [2.24, 2.45) is 5.73 Å². The Hall–Kier alpha value is -1.75. The van der Waals surface area contributed by atoms with Crippen LogP contribution in [-0.2, 0) is 9.53 Å². The molecule has 0 heterocycles. The lowest BCUT2D eigenvalue weighted by Crippen LogP contribution is -2.17. The summed E-state index contributed by atoms with van der Waals surface area (Å²) in [4.78, 5) is 11.2. The predicted molar refractivity (Wildman–Crippen MR) is 58.0 cm³/mol. The van der Waals surface area contributed by atoms with Crippen molar-refractivity contribution in [3.05, 3.63) is 23.8 Å². The lowest BCUT2D eigenvalue weighted by atomic mass is 10.0. The van der Waals surface area contributed by atoms with Gasteiger partial charge in [0, 0.05) is 17.7 Å². The van der Waals surface area contributed by atoms with Gasteiger partial charge in [-0.05, 0) is 13.0 Å². The van der Waals surface area contributed by atoms with Gasteiger partial charge in [-0.3, -0.25) is 4.79 Å². The van der Waals surface area contributed by atoms with Gasteiger partial charge >= 0.3 is 5.97 Å². The van der Waals surface area contributed by atoms with Crippen molar-refractivity contribution >= 4 is 5.97 Å². The molecule has 1 atom stereocenters. The van der Waals surface area contributed by atoms with Crippen molar-refractivity contribution in [2.45, 2.75) is 19.4 Å². The predicted octanol–water partition coefficient (Wildman–Crippen LogP) is 1.05. The highest BCUT2D eigenvalue weighted by atomic mass is 16.5. The van der Waals surface area contributed by atoms with Crippen LogP contribution < -0.4 is 5.73 Å². The van der Waals surface area contributed by atoms with Gasteiger partial charge in [0.15, 0.2) is 0 Å². The molecule has 0 spiro atoms. The molecule has 0 aliphatic rings. The monoisotopic (exact) mass is 225 g/mol. The molecule has 1 rings (SSSR count). The number of nitrogens with two attached hydrogens (primary N) is 1. The number of phenolic OH excluding ortho intramolecular Hbond substituents is 2. The first-order valence-corrected chi connectivity index (χ1v) is 4.97. The molecule has 0 amide bonds. The van der Waals surface area contributed by atoms with E-state index in [4.69, 9.17) is 15.6 Å². The van der Waals surface area contributed by atoms with Crippen molar-refractivity contribution in [2.75, 3.05) is 6.61 Å². The van der Waals surface area contributed by atoms with Gasteiger partial charge in [0.05, 0.1) is 13.0 Å². The van der Waals surface area contributed by atoms with E-state index in [2.05, 4.69) is 0 Å². The highest BCUT2D eigenvalue weighted by molar-refractivity contribution is 5.70. The maximum absolute atomic E-state index is 11.2. The van der Waals surface area contributed by atoms with E-state index in [-0.39, 0.29) is 17.9 Å². The van der Waals surface area contributed by atoms with E-state index in [0.29, 0.717) is 12.2 Å². The largest absolute Gasteiger partial charge is 0.508 e. The summed E-state index contributed by atoms with van der Waals surface area (Å²) in [7, 11) is 0. The highest BCUT2D eigenvalue weighted by Crippen LogP contribution is 2.28. The number of rotatable bonds is 4. The van der Waals surface area contributed by atoms with Crippen LogP contribution in [0.2, 0.25) is 0 Å². The Kier molecular flexibility index (Phi) is 4.13. The summed E-state index contributed by atoms with van der Waals surface area (Å²) in [6.07, 6.45) is -0.00776. The molecule has 88 valence electrons. The van der Waals surface area contributed by atoms with Crippen LogP contribution in [0.1, 0.15) is 24.9 Å². The summed E-state index contributed by atoms with van der Waals surface area (Å²) in [5.41, 5.74) is 6.14. The standard InChI is InChI=1S/C11H15NO4/c1-2-16-11(15)6-9(12)8-4-3-7(13)5-10(8)14/h3-5,9,13-14H,2,6,12H2,1H3/t9-/m0/s1. The normalized spacial score (nSPS) is 12.1. The van der Waals surface area contributed by atoms with Crippen LogP contribution in [0.4, 0.5) is 0 Å². The third-order valence-electron chi connectivity index (χ3n) is 2.11. The van der Waals surface area contributed by atoms with Crippen LogP contribution >= 0.6 is 0 Å². The second kappa shape index (κ2) is 5.37. The first-order chi connectivity index (χ1) is 7.54. The van der Waals surface area contributed by atoms with Crippen LogP contribution in [0, 0.1) is 0 Å². The minimum Gasteiger partial charge on any atom is -0.508 e. The lowest BCUT2D eigenvalue weighted by molar-refractivity contribution is -0.143. The Bertz CT molecular complexity index is 378. The molecule has 16 heavy (non-hydrogen) atoms. The first kappa shape index (κ1) is 12.3. The van der Waals surface area contributed by atoms with Gasteiger partial charge in [0.1, 0.15) is 11.5 Å². The second-order valence-corrected chi connectivity index (χ2v) is 3.36. The summed E-state index contributed by atoms with van der Waals surface area (Å²) in [5, 5.41) is 18.6. The maximum Gasteiger partial charge on any atom is 0.307 e. The van der Waals surface area contributed by atoms with Crippen molar-refractivity contribution in [3.8, 4) is 11.5 Å². The van der Waals surface area contributed by atoms with Crippen molar-refractivity contribution in [3.63, 3.8) is 0 Å². The fraction of sp³-hybridized carbons (Fsp3) is 0.364. The summed E-state index contributed by atoms with van der Waals surface area (Å²) < 4.78 is 4.75. The fourth-order valence-electron chi connectivity index (χ4n) is 1.36. The molecule has 0 fully saturated rings. The van der Waals surface area contributed by atoms with Gasteiger partial charge in [-0.2, -0.15) is 0 Å². The second-order valence-electron chi connectivity index (χ2n) is 3.36. The zero-order chi connectivity index (χ0) is 12.1. The van der Waals surface area contributed by atoms with Gasteiger partial charge in [-0.1, -0.05) is 6.07 Å². The van der Waals surface area contributed by atoms with Crippen LogP contribution in [0.3, 0.4) is 0 Å². The number of esters is 1. The average Bonchev–Trinajstić information content (AvgIpc) is 2.17. The first-order valence-electron chi connectivity index (χ1n) is 4.97. The summed E-state index contributed by atoms with van der Waals surface area (Å²) in [5.74, 6) is -0.594. The SMILES string of the molecule is CCOC(=O)C[C@H](N)c1ccc(O)cc1O. The summed E-state index contributed by atoms with van der Waals surface area (Å²) in [6, 6.07) is 3.43. The molecule has 0 aliphatic heterocycles. The molecule has 0 bridgehead atoms. The number of benzene rings is 1. The number of carbonyl (C=O) groups is 1. The molecular formula is C11H15NO4. The van der Waals surface area contributed by atoms with Crippen molar-refractivity contribution < 1.29 is 19.7 Å². The van der Waals surface area contributed by atoms with E-state index in [1.165, 1.54) is 18.2 Å². The van der Waals surface area contributed by atoms with Crippen molar-refractivity contribution in [1.29, 1.82) is 0 Å². The van der Waals surface area contributed by atoms with E-state index in [1.54, 1.807) is 6.92 Å². The number of carbonyl (C=O) groups excluding carboxylic acids is 1. The zero-order valence-electron chi connectivity index (χ0n) is 9.01. The third kappa shape index (κ3) is 3.13. The number of ether oxygens (including phenoxy) is 1. The van der Waals surface area contributed by atoms with E-state index in [0.717, 1.165) is 0 Å². The molecule has 0 aromatic heterocycles. The Morgan fingerprint density at radius 1 is 1.50 bits per heavy atom. The molecule has 0 radical (unpaired) electrons. The number of phenols is 2. The number of hydrogen-bond acceptors (Lipinski definition) is 5. The van der Waals surface area contributed by atoms with Crippen molar-refractivity contribution in [1.82, 2.24) is 0 Å². The minimum absolute atomic E-state index is 0.00776. The molecule has 4 N–H and O–H groups in total. The molecule has 1 aromatic rings. The quantitative estimate of drug-likeness (QED) is 0.666. The fourth-order valence-corrected chi connectivity index (χ4v) is 1.36. The van der Waals surface area contributed by atoms with Crippen LogP contribution in [0.25, 0.3) is 0 Å². The Morgan fingerprint density at radius 2 is 2.19 bits per heavy atom. The maximum atomic E-state index is 11.2. The smallest absolute Gasteiger partial charge is 0.307 e. The molecule has 0 saturated heterocycles. The van der Waals surface area contributed by atoms with Crippen LogP contribution in [-0.4, -0.2) is 22.8 Å². The van der Waals surface area contributed by atoms with E-state index >= 15 is 0 Å². The molecular weight excluding hydrogens is 210 g/mol. The highest BCUT2D eigenvalue weighted by Gasteiger charge is 2.15. The summed E-state index contributed by atoms with van der Waals surface area (Å²) >= 11 is 0. The number of aromatic hydroxyl groups is 2. The zero-order valence-corrected chi connectivity index (χ0v) is 9.01. The van der Waals surface area contributed by atoms with Gasteiger partial charge in [-0.15, -0.1) is 0 Å². The molecule has 5 heteroatoms. The molecule has 0 aliphatic carbocycles. The lowest BCUT2D eigenvalue weighted by Gasteiger charge is -2.12. The Morgan fingerprint density at radius 3 is 2.75 bits per heavy atom. The van der Waals surface area contributed by atoms with E-state index in [1.807, 2.05) is 0 Å². The molecule has 0 unspecified atom stereocenters. The molecule has 5 nitrogen and oxygen atoms in total. The summed E-state index contributed by atoms with van der Waals surface area (Å²) in [6.45, 7) is 2.01. The molecule has 1 aromatic carbocycles. The third-order valence-corrected chi connectivity index (χ3v) is 2.11. The minimum atomic E-state index is -0.639. The van der Waals surface area contributed by atoms with Gasteiger partial charge in [0.2, 0.25) is 0 Å². The van der Waals surface area contributed by atoms with Gasteiger partial charge < -0.3 is 20.7 Å². The van der Waals surface area contributed by atoms with Crippen LogP contribution in [0.5, 0.6) is 11.5 Å². The van der Waals surface area contributed by atoms with Gasteiger partial charge in [-0.25, -0.2) is 0 Å². The average molecular weight is 225 g/mol. The number of hydrogen-bond donors (Lipinski definition) is 3. The van der Waals surface area contributed by atoms with Gasteiger partial charge in [0.25, 0.3) is 0 Å². The van der Waals surface area contributed by atoms with E-state index < -0.39 is 12.0 Å². The molecule has 0 saturated carbocycles. The van der Waals surface area contributed by atoms with E-state index in [9.17, 15) is 9.90 Å². The van der Waals surface area contributed by atoms with Crippen LogP contribution in [0.15, 0.2) is 18.2 Å². The Labute approximate surface area is 93.5 Å². The Balaban J connectivity index is 2.72.